The Morgan fingerprint density at radius 2 is 1.17 bits per heavy atom. The maximum atomic E-state index is 14.3. The molecule has 17 heteroatoms. The second-order valence-electron chi connectivity index (χ2n) is 19.0. The summed E-state index contributed by atoms with van der Waals surface area (Å²) in [7, 11) is 4.89. The lowest BCUT2D eigenvalue weighted by Gasteiger charge is -2.31. The highest BCUT2D eigenvalue weighted by atomic mass is 19.4. The topological polar surface area (TPSA) is 154 Å². The number of hydrogen-bond acceptors (Lipinski definition) is 10. The average Bonchev–Trinajstić information content (AvgIpc) is 3.87. The van der Waals surface area contributed by atoms with Crippen LogP contribution in [0.2, 0.25) is 0 Å². The molecule has 0 unspecified atom stereocenters. The molecule has 11 aromatic rings. The van der Waals surface area contributed by atoms with Crippen LogP contribution in [0.25, 0.3) is 88.4 Å². The Balaban J connectivity index is 0.000000161. The Labute approximate surface area is 427 Å². The summed E-state index contributed by atoms with van der Waals surface area (Å²) in [6.07, 6.45) is 2.29. The van der Waals surface area contributed by atoms with Crippen LogP contribution in [0.1, 0.15) is 25.0 Å². The lowest BCUT2D eigenvalue weighted by atomic mass is 9.86. The van der Waals surface area contributed by atoms with E-state index in [0.29, 0.717) is 54.0 Å². The van der Waals surface area contributed by atoms with Crippen molar-refractivity contribution in [2.45, 2.75) is 25.4 Å². The van der Waals surface area contributed by atoms with Crippen molar-refractivity contribution in [3.63, 3.8) is 0 Å². The lowest BCUT2D eigenvalue weighted by molar-refractivity contribution is -0.137. The zero-order valence-electron chi connectivity index (χ0n) is 41.5. The largest absolute Gasteiger partial charge is 0.481 e. The number of nitrogens with zero attached hydrogens (tertiary/aromatic N) is 10. The molecule has 0 radical (unpaired) electrons. The first-order valence-corrected chi connectivity index (χ1v) is 24.2. The van der Waals surface area contributed by atoms with E-state index in [0.717, 1.165) is 72.4 Å². The molecule has 1 fully saturated rings. The molecule has 0 atom stereocenters. The van der Waals surface area contributed by atoms with Crippen LogP contribution in [-0.2, 0) is 25.7 Å². The lowest BCUT2D eigenvalue weighted by Crippen LogP contribution is -2.44. The fraction of sp³-hybridized carbons (Fsp3) is 0.190. The zero-order chi connectivity index (χ0) is 52.3. The van der Waals surface area contributed by atoms with Gasteiger partial charge >= 0.3 is 17.6 Å². The van der Waals surface area contributed by atoms with Crippen molar-refractivity contribution in [3.05, 3.63) is 178 Å². The second kappa shape index (κ2) is 18.7. The molecule has 0 spiro atoms. The molecule has 7 heterocycles. The monoisotopic (exact) mass is 1000 g/mol. The van der Waals surface area contributed by atoms with Crippen molar-refractivity contribution < 1.29 is 17.9 Å². The summed E-state index contributed by atoms with van der Waals surface area (Å²) in [5, 5.41) is 15.3. The summed E-state index contributed by atoms with van der Waals surface area (Å²) < 4.78 is 54.2. The van der Waals surface area contributed by atoms with Gasteiger partial charge in [0.2, 0.25) is 5.88 Å². The van der Waals surface area contributed by atoms with E-state index in [1.807, 2.05) is 98.9 Å². The van der Waals surface area contributed by atoms with Crippen molar-refractivity contribution in [3.8, 4) is 45.6 Å². The SMILES string of the molecule is COc1ccc(-c2ccc3ncc4c(c3c2)n(-c2ccc(N3CCNCC3)c(C(F)(F)F)c2)c(=O)n4C)cn1.Cn1c(=O)n(-c2ccc(C(C)(C)C#N)cc2)c2c3cc(-c4cnc5ccccc5c4)ccc3ncc21. The molecule has 5 aromatic carbocycles. The summed E-state index contributed by atoms with van der Waals surface area (Å²) in [6, 6.07) is 39.6. The van der Waals surface area contributed by atoms with Crippen LogP contribution in [0.4, 0.5) is 18.9 Å². The molecule has 0 amide bonds. The van der Waals surface area contributed by atoms with Crippen LogP contribution in [-0.4, -0.2) is 71.5 Å². The molecule has 1 N–H and O–H groups in total. The predicted molar refractivity (Wildman–Crippen MR) is 287 cm³/mol. The quantitative estimate of drug-likeness (QED) is 0.163. The van der Waals surface area contributed by atoms with Crippen LogP contribution >= 0.6 is 0 Å². The van der Waals surface area contributed by atoms with Gasteiger partial charge in [-0.05, 0) is 103 Å². The van der Waals surface area contributed by atoms with E-state index in [2.05, 4.69) is 49.5 Å². The molecular formula is C58H48F3N11O3. The third-order valence-electron chi connectivity index (χ3n) is 14.1. The van der Waals surface area contributed by atoms with Crippen molar-refractivity contribution in [2.75, 3.05) is 38.2 Å². The van der Waals surface area contributed by atoms with Gasteiger partial charge in [-0.15, -0.1) is 0 Å². The first-order chi connectivity index (χ1) is 36.1. The fourth-order valence-corrected chi connectivity index (χ4v) is 9.90. The van der Waals surface area contributed by atoms with Crippen molar-refractivity contribution in [2.24, 2.45) is 14.1 Å². The number of piperazine rings is 1. The Morgan fingerprint density at radius 3 is 1.76 bits per heavy atom. The molecule has 75 heavy (non-hydrogen) atoms. The molecule has 1 aliphatic rings. The fourth-order valence-electron chi connectivity index (χ4n) is 9.90. The number of nitriles is 1. The van der Waals surface area contributed by atoms with Gasteiger partial charge in [0, 0.05) is 91.7 Å². The third kappa shape index (κ3) is 8.58. The van der Waals surface area contributed by atoms with E-state index in [-0.39, 0.29) is 17.1 Å². The summed E-state index contributed by atoms with van der Waals surface area (Å²) in [6.45, 7) is 5.91. The molecule has 14 nitrogen and oxygen atoms in total. The number of benzene rings is 5. The first kappa shape index (κ1) is 48.1. The summed E-state index contributed by atoms with van der Waals surface area (Å²) in [5.74, 6) is 0.477. The zero-order valence-corrected chi connectivity index (χ0v) is 41.5. The maximum Gasteiger partial charge on any atom is 0.418 e. The summed E-state index contributed by atoms with van der Waals surface area (Å²) in [4.78, 5) is 46.6. The molecule has 1 saturated heterocycles. The van der Waals surface area contributed by atoms with Gasteiger partial charge in [-0.2, -0.15) is 18.4 Å². The molecule has 12 rings (SSSR count). The van der Waals surface area contributed by atoms with Gasteiger partial charge in [-0.3, -0.25) is 33.2 Å². The molecule has 0 saturated carbocycles. The minimum absolute atomic E-state index is 0.113. The van der Waals surface area contributed by atoms with E-state index in [9.17, 15) is 28.0 Å². The van der Waals surface area contributed by atoms with E-state index in [1.54, 1.807) is 58.9 Å². The van der Waals surface area contributed by atoms with Gasteiger partial charge < -0.3 is 15.0 Å². The van der Waals surface area contributed by atoms with Crippen LogP contribution in [0.3, 0.4) is 0 Å². The van der Waals surface area contributed by atoms with E-state index in [1.165, 1.54) is 22.3 Å². The molecule has 374 valence electrons. The number of halogens is 3. The normalized spacial score (nSPS) is 13.1. The number of pyridine rings is 4. The minimum atomic E-state index is -4.59. The van der Waals surface area contributed by atoms with Gasteiger partial charge in [0.1, 0.15) is 0 Å². The van der Waals surface area contributed by atoms with E-state index in [4.69, 9.17) is 4.74 Å². The molecule has 6 aromatic heterocycles. The number of alkyl halides is 3. The Bertz CT molecular complexity index is 4200. The second-order valence-corrected chi connectivity index (χ2v) is 19.0. The van der Waals surface area contributed by atoms with Crippen LogP contribution in [0.15, 0.2) is 156 Å². The first-order valence-electron chi connectivity index (χ1n) is 24.2. The molecule has 0 bridgehead atoms. The number of imidazole rings is 2. The number of rotatable bonds is 7. The van der Waals surface area contributed by atoms with Gasteiger partial charge in [0.15, 0.2) is 0 Å². The van der Waals surface area contributed by atoms with Gasteiger partial charge in [-0.25, -0.2) is 14.6 Å². The highest BCUT2D eigenvalue weighted by Gasteiger charge is 2.36. The minimum Gasteiger partial charge on any atom is -0.481 e. The van der Waals surface area contributed by atoms with E-state index < -0.39 is 22.8 Å². The average molecular weight is 1000 g/mol. The summed E-state index contributed by atoms with van der Waals surface area (Å²) in [5.41, 5.74) is 8.47. The number of para-hydroxylation sites is 1. The van der Waals surface area contributed by atoms with Gasteiger partial charge in [-0.1, -0.05) is 42.5 Å². The third-order valence-corrected chi connectivity index (χ3v) is 14.1. The Morgan fingerprint density at radius 1 is 0.613 bits per heavy atom. The smallest absolute Gasteiger partial charge is 0.418 e. The van der Waals surface area contributed by atoms with Crippen molar-refractivity contribution in [1.29, 1.82) is 5.26 Å². The Hall–Kier alpha value is -9.14. The predicted octanol–water partition coefficient (Wildman–Crippen LogP) is 10.3. The molecular weight excluding hydrogens is 956 g/mol. The van der Waals surface area contributed by atoms with Crippen molar-refractivity contribution in [1.82, 2.24) is 43.5 Å². The van der Waals surface area contributed by atoms with Crippen LogP contribution in [0, 0.1) is 11.3 Å². The number of hydrogen-bond donors (Lipinski definition) is 1. The standard InChI is InChI=1S/C30H23N5O.C28H25F3N6O2/c1-30(2,18-31)22-9-11-23(12-10-22)35-28-24-15-19(21-14-20-6-4-5-7-25(20)32-16-21)8-13-26(24)33-17-27(28)34(3)29(35)36;1-35-24-16-33-22-6-3-17(18-4-8-25(39-2)34-15-18)13-20(22)26(24)37(27(35)38)19-5-7-23(21(14-19)28(29,30)31)36-11-9-32-10-12-36/h4-17H,1-3H3;3-8,13-16,32H,9-12H2,1-2H3. The Kier molecular flexibility index (Phi) is 12.0. The number of anilines is 1. The number of nitrogens with one attached hydrogen (secondary N) is 1. The van der Waals surface area contributed by atoms with Crippen LogP contribution in [0.5, 0.6) is 5.88 Å². The highest BCUT2D eigenvalue weighted by molar-refractivity contribution is 6.06. The highest BCUT2D eigenvalue weighted by Crippen LogP contribution is 2.39. The van der Waals surface area contributed by atoms with E-state index >= 15 is 0 Å². The van der Waals surface area contributed by atoms with Gasteiger partial charge in [0.05, 0.1) is 86.5 Å². The van der Waals surface area contributed by atoms with Crippen LogP contribution < -0.4 is 26.3 Å². The molecule has 1 aliphatic heterocycles. The van der Waals surface area contributed by atoms with Gasteiger partial charge in [0.25, 0.3) is 0 Å². The number of methoxy groups -OCH3 is 1. The summed E-state index contributed by atoms with van der Waals surface area (Å²) >= 11 is 0. The molecule has 0 aliphatic carbocycles. The number of ether oxygens (including phenoxy) is 1. The maximum absolute atomic E-state index is 14.3. The number of aryl methyl sites for hydroxylation is 2. The number of aromatic nitrogens is 8. The number of fused-ring (bicyclic) bond motifs is 7. The van der Waals surface area contributed by atoms with Crippen molar-refractivity contribution >= 4 is 60.5 Å².